The molecule has 1 unspecified atom stereocenters. The molecular formula is C13H28N2OS. The minimum Gasteiger partial charge on any atom is -0.385 e. The van der Waals surface area contributed by atoms with Crippen molar-refractivity contribution < 1.29 is 4.74 Å². The van der Waals surface area contributed by atoms with Crippen molar-refractivity contribution in [3.05, 3.63) is 0 Å². The summed E-state index contributed by atoms with van der Waals surface area (Å²) in [6, 6.07) is 0.467. The lowest BCUT2D eigenvalue weighted by Gasteiger charge is -2.16. The van der Waals surface area contributed by atoms with Crippen molar-refractivity contribution in [2.24, 2.45) is 0 Å². The Kier molecular flexibility index (Phi) is 11.9. The van der Waals surface area contributed by atoms with E-state index in [1.165, 1.54) is 32.1 Å². The number of nitrogens with one attached hydrogen (secondary N) is 2. The molecule has 0 spiro atoms. The molecule has 102 valence electrons. The number of ether oxygens (including phenoxy) is 1. The zero-order valence-electron chi connectivity index (χ0n) is 11.6. The first-order valence-electron chi connectivity index (χ1n) is 6.74. The highest BCUT2D eigenvalue weighted by Crippen LogP contribution is 2.04. The van der Waals surface area contributed by atoms with E-state index in [1.54, 1.807) is 7.11 Å². The third-order valence-corrected chi connectivity index (χ3v) is 2.94. The molecule has 0 radical (unpaired) electrons. The van der Waals surface area contributed by atoms with Crippen molar-refractivity contribution in [3.8, 4) is 0 Å². The molecule has 1 atom stereocenters. The van der Waals surface area contributed by atoms with Gasteiger partial charge in [0.25, 0.3) is 0 Å². The van der Waals surface area contributed by atoms with Gasteiger partial charge in [0.15, 0.2) is 5.11 Å². The minimum atomic E-state index is 0.467. The molecule has 0 aliphatic heterocycles. The molecule has 0 fully saturated rings. The molecule has 0 aromatic rings. The fourth-order valence-corrected chi connectivity index (χ4v) is 1.95. The van der Waals surface area contributed by atoms with Crippen LogP contribution in [0.1, 0.15) is 52.4 Å². The van der Waals surface area contributed by atoms with E-state index in [1.807, 2.05) is 0 Å². The third-order valence-electron chi connectivity index (χ3n) is 2.68. The summed E-state index contributed by atoms with van der Waals surface area (Å²) in [5.74, 6) is 0. The Morgan fingerprint density at radius 1 is 1.24 bits per heavy atom. The molecule has 0 saturated carbocycles. The van der Waals surface area contributed by atoms with Crippen molar-refractivity contribution in [1.29, 1.82) is 0 Å². The number of thiocarbonyl (C=S) groups is 1. The van der Waals surface area contributed by atoms with E-state index >= 15 is 0 Å². The number of hydrogen-bond acceptors (Lipinski definition) is 2. The van der Waals surface area contributed by atoms with Crippen molar-refractivity contribution in [2.75, 3.05) is 20.3 Å². The Labute approximate surface area is 112 Å². The SMILES string of the molecule is CCCCCCC(C)NC(=S)NCCCOC. The van der Waals surface area contributed by atoms with Crippen LogP contribution in [0.2, 0.25) is 0 Å². The van der Waals surface area contributed by atoms with Crippen LogP contribution >= 0.6 is 12.2 Å². The summed E-state index contributed by atoms with van der Waals surface area (Å²) >= 11 is 5.22. The summed E-state index contributed by atoms with van der Waals surface area (Å²) in [4.78, 5) is 0. The van der Waals surface area contributed by atoms with E-state index in [4.69, 9.17) is 17.0 Å². The van der Waals surface area contributed by atoms with E-state index in [2.05, 4.69) is 24.5 Å². The van der Waals surface area contributed by atoms with Gasteiger partial charge in [-0.05, 0) is 32.0 Å². The highest BCUT2D eigenvalue weighted by molar-refractivity contribution is 7.80. The van der Waals surface area contributed by atoms with Crippen molar-refractivity contribution in [3.63, 3.8) is 0 Å². The topological polar surface area (TPSA) is 33.3 Å². The molecule has 0 amide bonds. The van der Waals surface area contributed by atoms with Gasteiger partial charge in [-0.2, -0.15) is 0 Å². The lowest BCUT2D eigenvalue weighted by molar-refractivity contribution is 0.195. The molecule has 0 saturated heterocycles. The van der Waals surface area contributed by atoms with Gasteiger partial charge in [0.05, 0.1) is 0 Å². The smallest absolute Gasteiger partial charge is 0.166 e. The van der Waals surface area contributed by atoms with Crippen LogP contribution in [0.4, 0.5) is 0 Å². The first-order valence-corrected chi connectivity index (χ1v) is 7.14. The van der Waals surface area contributed by atoms with Crippen LogP contribution < -0.4 is 10.6 Å². The lowest BCUT2D eigenvalue weighted by Crippen LogP contribution is -2.41. The second-order valence-electron chi connectivity index (χ2n) is 4.50. The number of methoxy groups -OCH3 is 1. The predicted octanol–water partition coefficient (Wildman–Crippen LogP) is 2.85. The van der Waals surface area contributed by atoms with E-state index in [9.17, 15) is 0 Å². The normalized spacial score (nSPS) is 12.2. The Balaban J connectivity index is 3.38. The molecule has 4 heteroatoms. The Bertz CT molecular complexity index is 188. The Morgan fingerprint density at radius 3 is 2.65 bits per heavy atom. The second-order valence-corrected chi connectivity index (χ2v) is 4.91. The van der Waals surface area contributed by atoms with Gasteiger partial charge >= 0.3 is 0 Å². The Morgan fingerprint density at radius 2 is 2.00 bits per heavy atom. The molecule has 0 rings (SSSR count). The van der Waals surface area contributed by atoms with Crippen LogP contribution in [-0.2, 0) is 4.74 Å². The van der Waals surface area contributed by atoms with Crippen LogP contribution in [0.3, 0.4) is 0 Å². The molecule has 0 aliphatic rings. The van der Waals surface area contributed by atoms with Crippen LogP contribution in [0.15, 0.2) is 0 Å². The van der Waals surface area contributed by atoms with E-state index in [0.717, 1.165) is 24.7 Å². The maximum Gasteiger partial charge on any atom is 0.166 e. The first-order chi connectivity index (χ1) is 8.20. The number of hydrogen-bond donors (Lipinski definition) is 2. The van der Waals surface area contributed by atoms with Gasteiger partial charge in [0.2, 0.25) is 0 Å². The summed E-state index contributed by atoms with van der Waals surface area (Å²) in [7, 11) is 1.72. The standard InChI is InChI=1S/C13H28N2OS/c1-4-5-6-7-9-12(2)15-13(17)14-10-8-11-16-3/h12H,4-11H2,1-3H3,(H2,14,15,17). The fourth-order valence-electron chi connectivity index (χ4n) is 1.64. The molecule has 0 aromatic heterocycles. The van der Waals surface area contributed by atoms with E-state index < -0.39 is 0 Å². The quantitative estimate of drug-likeness (QED) is 0.467. The molecule has 3 nitrogen and oxygen atoms in total. The summed E-state index contributed by atoms with van der Waals surface area (Å²) in [6.45, 7) is 6.08. The third kappa shape index (κ3) is 11.9. The maximum absolute atomic E-state index is 5.22. The fraction of sp³-hybridized carbons (Fsp3) is 0.923. The molecule has 0 heterocycles. The van der Waals surface area contributed by atoms with Crippen LogP contribution in [0.5, 0.6) is 0 Å². The van der Waals surface area contributed by atoms with Crippen molar-refractivity contribution in [1.82, 2.24) is 10.6 Å². The van der Waals surface area contributed by atoms with Gasteiger partial charge in [-0.25, -0.2) is 0 Å². The average Bonchev–Trinajstić information content (AvgIpc) is 2.30. The highest BCUT2D eigenvalue weighted by Gasteiger charge is 2.03. The lowest BCUT2D eigenvalue weighted by atomic mass is 10.1. The van der Waals surface area contributed by atoms with Gasteiger partial charge in [0, 0.05) is 26.3 Å². The van der Waals surface area contributed by atoms with E-state index in [0.29, 0.717) is 6.04 Å². The van der Waals surface area contributed by atoms with Crippen molar-refractivity contribution >= 4 is 17.3 Å². The number of rotatable bonds is 10. The van der Waals surface area contributed by atoms with Gasteiger partial charge < -0.3 is 15.4 Å². The average molecular weight is 260 g/mol. The Hall–Kier alpha value is -0.350. The second kappa shape index (κ2) is 12.1. The van der Waals surface area contributed by atoms with Crippen LogP contribution in [-0.4, -0.2) is 31.4 Å². The monoisotopic (exact) mass is 260 g/mol. The highest BCUT2D eigenvalue weighted by atomic mass is 32.1. The molecular weight excluding hydrogens is 232 g/mol. The zero-order chi connectivity index (χ0) is 12.9. The van der Waals surface area contributed by atoms with Gasteiger partial charge in [-0.1, -0.05) is 32.6 Å². The van der Waals surface area contributed by atoms with Crippen LogP contribution in [0.25, 0.3) is 0 Å². The largest absolute Gasteiger partial charge is 0.385 e. The maximum atomic E-state index is 5.22. The molecule has 0 aliphatic carbocycles. The molecule has 0 aromatic carbocycles. The van der Waals surface area contributed by atoms with E-state index in [-0.39, 0.29) is 0 Å². The molecule has 2 N–H and O–H groups in total. The minimum absolute atomic E-state index is 0.467. The summed E-state index contributed by atoms with van der Waals surface area (Å²) in [6.07, 6.45) is 7.43. The number of unbranched alkanes of at least 4 members (excludes halogenated alkanes) is 3. The first kappa shape index (κ1) is 16.6. The van der Waals surface area contributed by atoms with Crippen molar-refractivity contribution in [2.45, 2.75) is 58.4 Å². The van der Waals surface area contributed by atoms with Gasteiger partial charge in [-0.3, -0.25) is 0 Å². The predicted molar refractivity (Wildman–Crippen MR) is 78.5 cm³/mol. The van der Waals surface area contributed by atoms with Crippen LogP contribution in [0, 0.1) is 0 Å². The summed E-state index contributed by atoms with van der Waals surface area (Å²) in [5.41, 5.74) is 0. The molecule has 0 bridgehead atoms. The summed E-state index contributed by atoms with van der Waals surface area (Å²) < 4.78 is 4.98. The summed E-state index contributed by atoms with van der Waals surface area (Å²) in [5, 5.41) is 7.27. The molecule has 17 heavy (non-hydrogen) atoms. The zero-order valence-corrected chi connectivity index (χ0v) is 12.4. The van der Waals surface area contributed by atoms with Gasteiger partial charge in [0.1, 0.15) is 0 Å². The van der Waals surface area contributed by atoms with Gasteiger partial charge in [-0.15, -0.1) is 0 Å².